The van der Waals surface area contributed by atoms with Crippen LogP contribution in [0.5, 0.6) is 0 Å². The van der Waals surface area contributed by atoms with Crippen molar-refractivity contribution in [3.05, 3.63) is 35.9 Å². The fraction of sp³-hybridized carbons (Fsp3) is 0.720. The summed E-state index contributed by atoms with van der Waals surface area (Å²) < 4.78 is 6.20. The number of hydrogen-bond donors (Lipinski definition) is 2. The van der Waals surface area contributed by atoms with Gasteiger partial charge in [-0.05, 0) is 37.7 Å². The minimum Gasteiger partial charge on any atom is -0.481 e. The van der Waals surface area contributed by atoms with E-state index >= 15 is 0 Å². The van der Waals surface area contributed by atoms with Crippen molar-refractivity contribution in [1.82, 2.24) is 0 Å². The minimum absolute atomic E-state index is 0.224. The van der Waals surface area contributed by atoms with Gasteiger partial charge in [0.25, 0.3) is 0 Å². The molecular formula is C25H42O4. The molecule has 0 aliphatic carbocycles. The van der Waals surface area contributed by atoms with Gasteiger partial charge in [-0.2, -0.15) is 0 Å². The smallest absolute Gasteiger partial charge is 0.303 e. The lowest BCUT2D eigenvalue weighted by Crippen LogP contribution is -2.14. The number of carbonyl (C=O) groups is 1. The second kappa shape index (κ2) is 17.5. The van der Waals surface area contributed by atoms with Crippen LogP contribution in [0.1, 0.15) is 102 Å². The van der Waals surface area contributed by atoms with E-state index in [9.17, 15) is 9.90 Å². The van der Waals surface area contributed by atoms with Gasteiger partial charge in [-0.15, -0.1) is 0 Å². The Morgan fingerprint density at radius 1 is 0.862 bits per heavy atom. The highest BCUT2D eigenvalue weighted by Crippen LogP contribution is 2.18. The summed E-state index contributed by atoms with van der Waals surface area (Å²) in [6.45, 7) is 2.91. The van der Waals surface area contributed by atoms with Gasteiger partial charge in [0.15, 0.2) is 0 Å². The highest BCUT2D eigenvalue weighted by molar-refractivity contribution is 5.66. The molecule has 0 saturated heterocycles. The lowest BCUT2D eigenvalue weighted by molar-refractivity contribution is -0.137. The van der Waals surface area contributed by atoms with Crippen molar-refractivity contribution in [1.29, 1.82) is 0 Å². The number of benzene rings is 1. The van der Waals surface area contributed by atoms with Gasteiger partial charge in [-0.25, -0.2) is 0 Å². The van der Waals surface area contributed by atoms with Crippen LogP contribution in [0, 0.1) is 0 Å². The van der Waals surface area contributed by atoms with Crippen molar-refractivity contribution < 1.29 is 19.7 Å². The Labute approximate surface area is 177 Å². The third kappa shape index (κ3) is 15.2. The highest BCUT2D eigenvalue weighted by atomic mass is 16.5. The number of aliphatic hydroxyl groups is 1. The molecule has 166 valence electrons. The third-order valence-corrected chi connectivity index (χ3v) is 5.45. The van der Waals surface area contributed by atoms with Gasteiger partial charge in [0.2, 0.25) is 0 Å². The third-order valence-electron chi connectivity index (χ3n) is 5.45. The molecule has 2 N–H and O–H groups in total. The topological polar surface area (TPSA) is 66.8 Å². The normalized spacial score (nSPS) is 13.3. The van der Waals surface area contributed by atoms with Crippen LogP contribution >= 0.6 is 0 Å². The van der Waals surface area contributed by atoms with E-state index in [1.807, 2.05) is 6.07 Å². The fourth-order valence-electron chi connectivity index (χ4n) is 3.63. The average Bonchev–Trinajstić information content (AvgIpc) is 2.72. The summed E-state index contributed by atoms with van der Waals surface area (Å²) in [4.78, 5) is 10.5. The maximum atomic E-state index is 10.5. The van der Waals surface area contributed by atoms with E-state index < -0.39 is 5.97 Å². The Morgan fingerprint density at radius 3 is 2.10 bits per heavy atom. The Morgan fingerprint density at radius 2 is 1.45 bits per heavy atom. The molecular weight excluding hydrogens is 364 g/mol. The lowest BCUT2D eigenvalue weighted by Gasteiger charge is -2.18. The van der Waals surface area contributed by atoms with Crippen LogP contribution in [0.2, 0.25) is 0 Å². The molecule has 1 rings (SSSR count). The lowest BCUT2D eigenvalue weighted by atomic mass is 10.0. The zero-order valence-corrected chi connectivity index (χ0v) is 18.4. The summed E-state index contributed by atoms with van der Waals surface area (Å²) >= 11 is 0. The van der Waals surface area contributed by atoms with E-state index in [1.54, 1.807) is 0 Å². The standard InChI is InChI=1S/C25H42O4/c1-2-3-7-18-24(29-21-22-14-8-6-9-15-22)19-13-12-17-23(26)16-10-4-5-11-20-25(27)28/h6,8-9,14-15,23-24,26H,2-5,7,10-13,16-21H2,1H3,(H,27,28). The van der Waals surface area contributed by atoms with Crippen LogP contribution in [0.25, 0.3) is 0 Å². The van der Waals surface area contributed by atoms with Crippen LogP contribution in [0.4, 0.5) is 0 Å². The Hall–Kier alpha value is -1.39. The summed E-state index contributed by atoms with van der Waals surface area (Å²) in [5.74, 6) is -0.717. The first-order chi connectivity index (χ1) is 14.1. The summed E-state index contributed by atoms with van der Waals surface area (Å²) in [6.07, 6.45) is 13.8. The molecule has 0 aliphatic heterocycles. The van der Waals surface area contributed by atoms with Crippen LogP contribution in [0.3, 0.4) is 0 Å². The molecule has 0 spiro atoms. The minimum atomic E-state index is -0.717. The van der Waals surface area contributed by atoms with E-state index in [0.29, 0.717) is 12.7 Å². The van der Waals surface area contributed by atoms with E-state index in [1.165, 1.54) is 24.8 Å². The molecule has 2 atom stereocenters. The number of carboxylic acids is 1. The summed E-state index contributed by atoms with van der Waals surface area (Å²) in [5.41, 5.74) is 1.23. The second-order valence-corrected chi connectivity index (χ2v) is 8.20. The molecule has 1 aromatic carbocycles. The maximum absolute atomic E-state index is 10.5. The monoisotopic (exact) mass is 406 g/mol. The Bertz CT molecular complexity index is 503. The molecule has 0 bridgehead atoms. The van der Waals surface area contributed by atoms with Crippen molar-refractivity contribution in [3.63, 3.8) is 0 Å². The molecule has 29 heavy (non-hydrogen) atoms. The largest absolute Gasteiger partial charge is 0.481 e. The van der Waals surface area contributed by atoms with Gasteiger partial charge in [0, 0.05) is 6.42 Å². The molecule has 0 heterocycles. The molecule has 0 amide bonds. The Balaban J connectivity index is 2.14. The molecule has 4 nitrogen and oxygen atoms in total. The molecule has 4 heteroatoms. The maximum Gasteiger partial charge on any atom is 0.303 e. The van der Waals surface area contributed by atoms with Crippen molar-refractivity contribution >= 4 is 5.97 Å². The van der Waals surface area contributed by atoms with Crippen molar-refractivity contribution in [2.45, 2.75) is 116 Å². The highest BCUT2D eigenvalue weighted by Gasteiger charge is 2.11. The van der Waals surface area contributed by atoms with Gasteiger partial charge < -0.3 is 14.9 Å². The average molecular weight is 407 g/mol. The van der Waals surface area contributed by atoms with E-state index in [0.717, 1.165) is 64.2 Å². The zero-order valence-electron chi connectivity index (χ0n) is 18.4. The number of aliphatic hydroxyl groups excluding tert-OH is 1. The van der Waals surface area contributed by atoms with Crippen LogP contribution < -0.4 is 0 Å². The molecule has 0 saturated carbocycles. The molecule has 0 aliphatic rings. The SMILES string of the molecule is CCCCCC(CCCCC(O)CCCCCCC(=O)O)OCc1ccccc1. The Kier molecular flexibility index (Phi) is 15.4. The first kappa shape index (κ1) is 25.6. The summed E-state index contributed by atoms with van der Waals surface area (Å²) in [7, 11) is 0. The van der Waals surface area contributed by atoms with Gasteiger partial charge >= 0.3 is 5.97 Å². The fourth-order valence-corrected chi connectivity index (χ4v) is 3.63. The first-order valence-corrected chi connectivity index (χ1v) is 11.7. The van der Waals surface area contributed by atoms with Crippen LogP contribution in [-0.4, -0.2) is 28.4 Å². The van der Waals surface area contributed by atoms with Gasteiger partial charge in [0.05, 0.1) is 18.8 Å². The van der Waals surface area contributed by atoms with Gasteiger partial charge in [-0.1, -0.05) is 88.6 Å². The molecule has 1 aromatic rings. The zero-order chi connectivity index (χ0) is 21.2. The van der Waals surface area contributed by atoms with Crippen molar-refractivity contribution in [2.24, 2.45) is 0 Å². The van der Waals surface area contributed by atoms with E-state index in [-0.39, 0.29) is 12.5 Å². The predicted molar refractivity (Wildman–Crippen MR) is 119 cm³/mol. The van der Waals surface area contributed by atoms with E-state index in [2.05, 4.69) is 31.2 Å². The predicted octanol–water partition coefficient (Wildman–Crippen LogP) is 6.50. The van der Waals surface area contributed by atoms with Crippen molar-refractivity contribution in [3.8, 4) is 0 Å². The molecule has 0 fully saturated rings. The summed E-state index contributed by atoms with van der Waals surface area (Å²) in [6, 6.07) is 10.4. The van der Waals surface area contributed by atoms with Crippen LogP contribution in [0.15, 0.2) is 30.3 Å². The number of aliphatic carboxylic acids is 1. The van der Waals surface area contributed by atoms with Crippen LogP contribution in [-0.2, 0) is 16.1 Å². The first-order valence-electron chi connectivity index (χ1n) is 11.7. The van der Waals surface area contributed by atoms with Gasteiger partial charge in [0.1, 0.15) is 0 Å². The number of rotatable bonds is 19. The van der Waals surface area contributed by atoms with Gasteiger partial charge in [-0.3, -0.25) is 4.79 Å². The quantitative estimate of drug-likeness (QED) is 0.257. The number of hydrogen-bond acceptors (Lipinski definition) is 3. The number of ether oxygens (including phenoxy) is 1. The summed E-state index contributed by atoms with van der Waals surface area (Å²) in [5, 5.41) is 18.8. The number of carboxylic acid groups (broad SMARTS) is 1. The van der Waals surface area contributed by atoms with Crippen molar-refractivity contribution in [2.75, 3.05) is 0 Å². The second-order valence-electron chi connectivity index (χ2n) is 8.20. The molecule has 0 radical (unpaired) electrons. The number of unbranched alkanes of at least 4 members (excludes halogenated alkanes) is 6. The molecule has 0 aromatic heterocycles. The molecule has 2 unspecified atom stereocenters. The van der Waals surface area contributed by atoms with E-state index in [4.69, 9.17) is 9.84 Å².